The van der Waals surface area contributed by atoms with Gasteiger partial charge < -0.3 is 5.32 Å². The number of aromatic nitrogens is 3. The summed E-state index contributed by atoms with van der Waals surface area (Å²) in [5, 5.41) is 11.2. The fourth-order valence-corrected chi connectivity index (χ4v) is 2.06. The van der Waals surface area contributed by atoms with Crippen molar-refractivity contribution < 1.29 is 4.39 Å². The first-order valence-corrected chi connectivity index (χ1v) is 6.45. The lowest BCUT2D eigenvalue weighted by Gasteiger charge is -2.10. The first kappa shape index (κ1) is 13.2. The predicted molar refractivity (Wildman–Crippen MR) is 71.0 cm³/mol. The van der Waals surface area contributed by atoms with Gasteiger partial charge in [0, 0.05) is 17.1 Å². The van der Waals surface area contributed by atoms with Crippen LogP contribution in [0.1, 0.15) is 19.5 Å². The van der Waals surface area contributed by atoms with E-state index < -0.39 is 0 Å². The maximum atomic E-state index is 13.1. The molecular weight excluding hydrogens is 299 g/mol. The highest BCUT2D eigenvalue weighted by atomic mass is 79.9. The van der Waals surface area contributed by atoms with Gasteiger partial charge in [-0.15, -0.1) is 5.10 Å². The predicted octanol–water partition coefficient (Wildman–Crippen LogP) is 2.67. The average Bonchev–Trinajstić information content (AvgIpc) is 2.74. The molecule has 0 saturated carbocycles. The SMILES string of the molecule is CC(C)NCc1cnnn1-c1ccc(F)cc1Br. The molecule has 18 heavy (non-hydrogen) atoms. The van der Waals surface area contributed by atoms with E-state index in [1.54, 1.807) is 16.9 Å². The topological polar surface area (TPSA) is 42.7 Å². The van der Waals surface area contributed by atoms with Gasteiger partial charge in [-0.1, -0.05) is 19.1 Å². The van der Waals surface area contributed by atoms with Gasteiger partial charge in [0.15, 0.2) is 0 Å². The Bertz CT molecular complexity index is 539. The van der Waals surface area contributed by atoms with Crippen molar-refractivity contribution in [2.75, 3.05) is 0 Å². The van der Waals surface area contributed by atoms with Gasteiger partial charge in [-0.25, -0.2) is 9.07 Å². The molecule has 0 unspecified atom stereocenters. The van der Waals surface area contributed by atoms with E-state index in [1.165, 1.54) is 12.1 Å². The second-order valence-electron chi connectivity index (χ2n) is 4.27. The number of rotatable bonds is 4. The maximum absolute atomic E-state index is 13.1. The second-order valence-corrected chi connectivity index (χ2v) is 5.12. The van der Waals surface area contributed by atoms with Gasteiger partial charge in [0.05, 0.1) is 17.6 Å². The van der Waals surface area contributed by atoms with Gasteiger partial charge >= 0.3 is 0 Å². The van der Waals surface area contributed by atoms with Crippen LogP contribution in [0, 0.1) is 5.82 Å². The average molecular weight is 313 g/mol. The molecule has 0 saturated heterocycles. The first-order chi connectivity index (χ1) is 8.58. The molecule has 6 heteroatoms. The minimum atomic E-state index is -0.285. The molecular formula is C12H14BrFN4. The highest BCUT2D eigenvalue weighted by Crippen LogP contribution is 2.22. The minimum Gasteiger partial charge on any atom is -0.309 e. The molecule has 0 atom stereocenters. The quantitative estimate of drug-likeness (QED) is 0.944. The van der Waals surface area contributed by atoms with Gasteiger partial charge in [-0.3, -0.25) is 0 Å². The van der Waals surface area contributed by atoms with Gasteiger partial charge in [0.1, 0.15) is 5.82 Å². The zero-order valence-electron chi connectivity index (χ0n) is 10.2. The zero-order valence-corrected chi connectivity index (χ0v) is 11.8. The van der Waals surface area contributed by atoms with Crippen LogP contribution in [-0.4, -0.2) is 21.0 Å². The van der Waals surface area contributed by atoms with Crippen molar-refractivity contribution in [2.24, 2.45) is 0 Å². The van der Waals surface area contributed by atoms with E-state index in [-0.39, 0.29) is 5.82 Å². The summed E-state index contributed by atoms with van der Waals surface area (Å²) in [5.74, 6) is -0.285. The lowest BCUT2D eigenvalue weighted by Crippen LogP contribution is -2.23. The summed E-state index contributed by atoms with van der Waals surface area (Å²) in [6.07, 6.45) is 1.70. The van der Waals surface area contributed by atoms with Gasteiger partial charge in [-0.2, -0.15) is 0 Å². The first-order valence-electron chi connectivity index (χ1n) is 5.66. The molecule has 1 heterocycles. The molecule has 1 aromatic carbocycles. The maximum Gasteiger partial charge on any atom is 0.124 e. The zero-order chi connectivity index (χ0) is 13.1. The van der Waals surface area contributed by atoms with Crippen LogP contribution in [0.3, 0.4) is 0 Å². The summed E-state index contributed by atoms with van der Waals surface area (Å²) in [7, 11) is 0. The Kier molecular flexibility index (Phi) is 4.08. The number of nitrogens with one attached hydrogen (secondary N) is 1. The molecule has 96 valence electrons. The van der Waals surface area contributed by atoms with Gasteiger partial charge in [0.25, 0.3) is 0 Å². The molecule has 0 aliphatic heterocycles. The van der Waals surface area contributed by atoms with E-state index >= 15 is 0 Å². The van der Waals surface area contributed by atoms with Crippen LogP contribution >= 0.6 is 15.9 Å². The van der Waals surface area contributed by atoms with Crippen molar-refractivity contribution in [1.82, 2.24) is 20.3 Å². The summed E-state index contributed by atoms with van der Waals surface area (Å²) in [6.45, 7) is 4.80. The third kappa shape index (κ3) is 2.94. The number of hydrogen-bond acceptors (Lipinski definition) is 3. The van der Waals surface area contributed by atoms with Crippen LogP contribution in [0.2, 0.25) is 0 Å². The van der Waals surface area contributed by atoms with Crippen molar-refractivity contribution in [2.45, 2.75) is 26.4 Å². The van der Waals surface area contributed by atoms with Crippen LogP contribution in [0.5, 0.6) is 0 Å². The smallest absolute Gasteiger partial charge is 0.124 e. The molecule has 1 aromatic heterocycles. The van der Waals surface area contributed by atoms with E-state index in [9.17, 15) is 4.39 Å². The molecule has 0 aliphatic carbocycles. The van der Waals surface area contributed by atoms with Gasteiger partial charge in [0.2, 0.25) is 0 Å². The van der Waals surface area contributed by atoms with Crippen molar-refractivity contribution >= 4 is 15.9 Å². The summed E-state index contributed by atoms with van der Waals surface area (Å²) >= 11 is 3.33. The minimum absolute atomic E-state index is 0.285. The molecule has 0 fully saturated rings. The summed E-state index contributed by atoms with van der Waals surface area (Å²) in [4.78, 5) is 0. The van der Waals surface area contributed by atoms with E-state index in [2.05, 4.69) is 45.4 Å². The van der Waals surface area contributed by atoms with Crippen LogP contribution in [0.4, 0.5) is 4.39 Å². The van der Waals surface area contributed by atoms with E-state index in [4.69, 9.17) is 0 Å². The Balaban J connectivity index is 2.30. The molecule has 1 N–H and O–H groups in total. The molecule has 0 bridgehead atoms. The molecule has 0 spiro atoms. The molecule has 2 aromatic rings. The largest absolute Gasteiger partial charge is 0.309 e. The van der Waals surface area contributed by atoms with Crippen LogP contribution in [0.15, 0.2) is 28.9 Å². The summed E-state index contributed by atoms with van der Waals surface area (Å²) in [5.41, 5.74) is 1.70. The third-order valence-corrected chi connectivity index (χ3v) is 3.08. The molecule has 0 amide bonds. The Morgan fingerprint density at radius 3 is 2.89 bits per heavy atom. The van der Waals surface area contributed by atoms with E-state index in [0.717, 1.165) is 11.4 Å². The Labute approximate surface area is 113 Å². The lowest BCUT2D eigenvalue weighted by atomic mass is 10.3. The number of hydrogen-bond donors (Lipinski definition) is 1. The second kappa shape index (κ2) is 5.58. The fraction of sp³-hybridized carbons (Fsp3) is 0.333. The molecule has 4 nitrogen and oxygen atoms in total. The molecule has 2 rings (SSSR count). The van der Waals surface area contributed by atoms with Crippen molar-refractivity contribution in [1.29, 1.82) is 0 Å². The summed E-state index contributed by atoms with van der Waals surface area (Å²) in [6, 6.07) is 4.87. The van der Waals surface area contributed by atoms with Crippen LogP contribution < -0.4 is 5.32 Å². The normalized spacial score (nSPS) is 11.2. The highest BCUT2D eigenvalue weighted by molar-refractivity contribution is 9.10. The standard InChI is InChI=1S/C12H14BrFN4/c1-8(2)15-6-10-7-16-17-18(10)12-4-3-9(14)5-11(12)13/h3-5,7-8,15H,6H2,1-2H3. The summed E-state index contributed by atoms with van der Waals surface area (Å²) < 4.78 is 15.4. The molecule has 0 radical (unpaired) electrons. The molecule has 0 aliphatic rings. The van der Waals surface area contributed by atoms with Crippen molar-refractivity contribution in [3.63, 3.8) is 0 Å². The number of halogens is 2. The fourth-order valence-electron chi connectivity index (χ4n) is 1.54. The highest BCUT2D eigenvalue weighted by Gasteiger charge is 2.10. The Hall–Kier alpha value is -1.27. The Morgan fingerprint density at radius 2 is 2.22 bits per heavy atom. The van der Waals surface area contributed by atoms with E-state index in [1.807, 2.05) is 0 Å². The van der Waals surface area contributed by atoms with Crippen molar-refractivity contribution in [3.8, 4) is 5.69 Å². The van der Waals surface area contributed by atoms with Crippen molar-refractivity contribution in [3.05, 3.63) is 40.4 Å². The monoisotopic (exact) mass is 312 g/mol. The number of nitrogens with zero attached hydrogens (tertiary/aromatic N) is 3. The number of benzene rings is 1. The van der Waals surface area contributed by atoms with Gasteiger partial charge in [-0.05, 0) is 34.1 Å². The lowest BCUT2D eigenvalue weighted by molar-refractivity contribution is 0.569. The van der Waals surface area contributed by atoms with Crippen LogP contribution in [0.25, 0.3) is 5.69 Å². The third-order valence-electron chi connectivity index (χ3n) is 2.45. The van der Waals surface area contributed by atoms with Crippen LogP contribution in [-0.2, 0) is 6.54 Å². The Morgan fingerprint density at radius 1 is 1.44 bits per heavy atom. The van der Waals surface area contributed by atoms with E-state index in [0.29, 0.717) is 17.1 Å².